The van der Waals surface area contributed by atoms with Crippen LogP contribution in [0.2, 0.25) is 0 Å². The van der Waals surface area contributed by atoms with Crippen molar-refractivity contribution in [1.82, 2.24) is 0 Å². The van der Waals surface area contributed by atoms with Gasteiger partial charge in [-0.25, -0.2) is 0 Å². The van der Waals surface area contributed by atoms with Gasteiger partial charge in [-0.2, -0.15) is 0 Å². The molecule has 4 nitrogen and oxygen atoms in total. The summed E-state index contributed by atoms with van der Waals surface area (Å²) in [5.41, 5.74) is 8.72. The van der Waals surface area contributed by atoms with Gasteiger partial charge in [-0.3, -0.25) is 4.79 Å². The number of carbonyl (C=O) groups excluding carboxylic acids is 1. The van der Waals surface area contributed by atoms with E-state index < -0.39 is 0 Å². The minimum atomic E-state index is -0.177. The molecule has 32 heavy (non-hydrogen) atoms. The molecule has 0 radical (unpaired) electrons. The normalized spacial score (nSPS) is 11.6. The molecule has 0 spiro atoms. The third kappa shape index (κ3) is 4.17. The number of anilines is 1. The molecule has 0 aliphatic carbocycles. The van der Waals surface area contributed by atoms with Crippen molar-refractivity contribution in [3.05, 3.63) is 89.2 Å². The first-order valence-electron chi connectivity index (χ1n) is 10.6. The molecule has 0 bridgehead atoms. The molecule has 4 heteroatoms. The van der Waals surface area contributed by atoms with Crippen LogP contribution in [0.1, 0.15) is 29.2 Å². The molecule has 4 rings (SSSR count). The fourth-order valence-electron chi connectivity index (χ4n) is 3.82. The van der Waals surface area contributed by atoms with Gasteiger partial charge >= 0.3 is 0 Å². The molecule has 162 valence electrons. The number of ether oxygens (including phenoxy) is 1. The van der Waals surface area contributed by atoms with E-state index in [1.807, 2.05) is 51.1 Å². The maximum atomic E-state index is 12.7. The van der Waals surface area contributed by atoms with Crippen molar-refractivity contribution < 1.29 is 13.9 Å². The number of allylic oxidation sites excluding steroid dienone is 1. The predicted octanol–water partition coefficient (Wildman–Crippen LogP) is 7.08. The van der Waals surface area contributed by atoms with Gasteiger partial charge in [0.05, 0.1) is 13.4 Å². The van der Waals surface area contributed by atoms with Crippen molar-refractivity contribution in [2.45, 2.75) is 27.7 Å². The van der Waals surface area contributed by atoms with Crippen LogP contribution in [-0.4, -0.2) is 13.0 Å². The Hall–Kier alpha value is -3.79. The molecule has 0 fully saturated rings. The summed E-state index contributed by atoms with van der Waals surface area (Å²) >= 11 is 0. The lowest BCUT2D eigenvalue weighted by Gasteiger charge is -2.11. The molecule has 3 aromatic carbocycles. The van der Waals surface area contributed by atoms with E-state index in [1.165, 1.54) is 5.56 Å². The third-order valence-corrected chi connectivity index (χ3v) is 5.89. The fraction of sp³-hybridized carbons (Fsp3) is 0.179. The second-order valence-corrected chi connectivity index (χ2v) is 8.13. The highest BCUT2D eigenvalue weighted by molar-refractivity contribution is 6.05. The van der Waals surface area contributed by atoms with Gasteiger partial charge in [0.1, 0.15) is 11.3 Å². The Balaban J connectivity index is 1.71. The van der Waals surface area contributed by atoms with Crippen molar-refractivity contribution in [2.24, 2.45) is 0 Å². The number of nitrogens with one attached hydrogen (secondary N) is 1. The van der Waals surface area contributed by atoms with Crippen LogP contribution >= 0.6 is 0 Å². The predicted molar refractivity (Wildman–Crippen MR) is 131 cm³/mol. The fourth-order valence-corrected chi connectivity index (χ4v) is 3.82. The standard InChI is InChI=1S/C28H27NO3/c1-17-9-11-21(12-10-17)24-16-32-27-15-26(31-5)22(14-23(24)27)19(3)13-28(30)29-25-8-6-7-18(2)20(25)4/h6-16H,1-5H3,(H,29,30)/b19-13+. The van der Waals surface area contributed by atoms with Gasteiger partial charge in [0, 0.05) is 34.3 Å². The summed E-state index contributed by atoms with van der Waals surface area (Å²) < 4.78 is 11.4. The molecule has 0 atom stereocenters. The molecule has 1 amide bonds. The summed E-state index contributed by atoms with van der Waals surface area (Å²) in [5.74, 6) is 0.486. The van der Waals surface area contributed by atoms with Crippen LogP contribution in [0.15, 0.2) is 71.4 Å². The first kappa shape index (κ1) is 21.4. The van der Waals surface area contributed by atoms with E-state index in [-0.39, 0.29) is 5.91 Å². The van der Waals surface area contributed by atoms with E-state index in [4.69, 9.17) is 9.15 Å². The smallest absolute Gasteiger partial charge is 0.248 e. The van der Waals surface area contributed by atoms with Crippen LogP contribution < -0.4 is 10.1 Å². The maximum Gasteiger partial charge on any atom is 0.248 e. The minimum Gasteiger partial charge on any atom is -0.496 e. The average molecular weight is 426 g/mol. The Morgan fingerprint density at radius 3 is 2.50 bits per heavy atom. The van der Waals surface area contributed by atoms with Crippen LogP contribution in [0.3, 0.4) is 0 Å². The SMILES string of the molecule is COc1cc2occ(-c3ccc(C)cc3)c2cc1/C(C)=C/C(=O)Nc1cccc(C)c1C. The zero-order valence-corrected chi connectivity index (χ0v) is 19.1. The van der Waals surface area contributed by atoms with Gasteiger partial charge < -0.3 is 14.5 Å². The van der Waals surface area contributed by atoms with Gasteiger partial charge in [-0.15, -0.1) is 0 Å². The van der Waals surface area contributed by atoms with E-state index in [1.54, 1.807) is 19.4 Å². The second kappa shape index (κ2) is 8.75. The number of methoxy groups -OCH3 is 1. The quantitative estimate of drug-likeness (QED) is 0.348. The van der Waals surface area contributed by atoms with Gasteiger partial charge in [-0.1, -0.05) is 42.0 Å². The van der Waals surface area contributed by atoms with Crippen LogP contribution in [0.4, 0.5) is 5.69 Å². The number of fused-ring (bicyclic) bond motifs is 1. The first-order chi connectivity index (χ1) is 15.4. The molecule has 0 saturated heterocycles. The Morgan fingerprint density at radius 1 is 1.03 bits per heavy atom. The number of hydrogen-bond donors (Lipinski definition) is 1. The molecule has 0 unspecified atom stereocenters. The van der Waals surface area contributed by atoms with Crippen molar-refractivity contribution in [2.75, 3.05) is 12.4 Å². The summed E-state index contributed by atoms with van der Waals surface area (Å²) in [6, 6.07) is 18.1. The number of amides is 1. The van der Waals surface area contributed by atoms with Crippen molar-refractivity contribution in [1.29, 1.82) is 0 Å². The van der Waals surface area contributed by atoms with E-state index in [0.717, 1.165) is 50.0 Å². The van der Waals surface area contributed by atoms with Gasteiger partial charge in [0.15, 0.2) is 0 Å². The van der Waals surface area contributed by atoms with Crippen LogP contribution in [0.25, 0.3) is 27.7 Å². The van der Waals surface area contributed by atoms with E-state index in [2.05, 4.69) is 36.5 Å². The summed E-state index contributed by atoms with van der Waals surface area (Å²) in [4.78, 5) is 12.7. The molecule has 4 aromatic rings. The Labute approximate surface area is 188 Å². The molecule has 1 heterocycles. The van der Waals surface area contributed by atoms with Crippen molar-refractivity contribution in [3.8, 4) is 16.9 Å². The second-order valence-electron chi connectivity index (χ2n) is 8.13. The van der Waals surface area contributed by atoms with Crippen LogP contribution in [0, 0.1) is 20.8 Å². The largest absolute Gasteiger partial charge is 0.496 e. The molecule has 1 N–H and O–H groups in total. The lowest BCUT2D eigenvalue weighted by molar-refractivity contribution is -0.111. The number of benzene rings is 3. The Bertz CT molecular complexity index is 1330. The van der Waals surface area contributed by atoms with Crippen molar-refractivity contribution >= 4 is 28.1 Å². The van der Waals surface area contributed by atoms with Crippen molar-refractivity contribution in [3.63, 3.8) is 0 Å². The van der Waals surface area contributed by atoms with E-state index in [0.29, 0.717) is 5.75 Å². The molecule has 0 aliphatic heterocycles. The summed E-state index contributed by atoms with van der Waals surface area (Å²) in [6.45, 7) is 8.02. The number of carbonyl (C=O) groups is 1. The van der Waals surface area contributed by atoms with Gasteiger partial charge in [0.2, 0.25) is 5.91 Å². The highest BCUT2D eigenvalue weighted by Gasteiger charge is 2.15. The highest BCUT2D eigenvalue weighted by Crippen LogP contribution is 2.37. The number of furan rings is 1. The lowest BCUT2D eigenvalue weighted by atomic mass is 9.98. The highest BCUT2D eigenvalue weighted by atomic mass is 16.5. The van der Waals surface area contributed by atoms with E-state index in [9.17, 15) is 4.79 Å². The number of hydrogen-bond acceptors (Lipinski definition) is 3. The third-order valence-electron chi connectivity index (χ3n) is 5.89. The molecular formula is C28H27NO3. The van der Waals surface area contributed by atoms with E-state index >= 15 is 0 Å². The van der Waals surface area contributed by atoms with Crippen LogP contribution in [0.5, 0.6) is 5.75 Å². The number of aryl methyl sites for hydroxylation is 2. The number of rotatable bonds is 5. The van der Waals surface area contributed by atoms with Gasteiger partial charge in [-0.05, 0) is 62.1 Å². The zero-order chi connectivity index (χ0) is 22.8. The maximum absolute atomic E-state index is 12.7. The molecule has 1 aromatic heterocycles. The van der Waals surface area contributed by atoms with Crippen LogP contribution in [-0.2, 0) is 4.79 Å². The average Bonchev–Trinajstić information content (AvgIpc) is 3.19. The lowest BCUT2D eigenvalue weighted by Crippen LogP contribution is -2.10. The summed E-state index contributed by atoms with van der Waals surface area (Å²) in [7, 11) is 1.62. The molecular weight excluding hydrogens is 398 g/mol. The monoisotopic (exact) mass is 425 g/mol. The summed E-state index contributed by atoms with van der Waals surface area (Å²) in [6.07, 6.45) is 3.38. The Morgan fingerprint density at radius 2 is 1.78 bits per heavy atom. The summed E-state index contributed by atoms with van der Waals surface area (Å²) in [5, 5.41) is 3.97. The molecule has 0 saturated carbocycles. The minimum absolute atomic E-state index is 0.177. The molecule has 0 aliphatic rings. The Kier molecular flexibility index (Phi) is 5.87. The topological polar surface area (TPSA) is 51.5 Å². The zero-order valence-electron chi connectivity index (χ0n) is 19.1. The first-order valence-corrected chi connectivity index (χ1v) is 10.6. The van der Waals surface area contributed by atoms with Gasteiger partial charge in [0.25, 0.3) is 0 Å².